The van der Waals surface area contributed by atoms with E-state index in [0.29, 0.717) is 19.4 Å². The predicted molar refractivity (Wildman–Crippen MR) is 85.9 cm³/mol. The fraction of sp³-hybridized carbons (Fsp3) is 0.263. The molecular weight excluding hydrogens is 258 g/mol. The minimum atomic E-state index is 0.380. The van der Waals surface area contributed by atoms with Crippen LogP contribution in [0.5, 0.6) is 0 Å². The molecule has 108 valence electrons. The second-order valence-corrected chi connectivity index (χ2v) is 5.43. The van der Waals surface area contributed by atoms with Gasteiger partial charge < -0.3 is 4.74 Å². The molecule has 1 aliphatic rings. The van der Waals surface area contributed by atoms with Crippen LogP contribution in [0.3, 0.4) is 0 Å². The monoisotopic (exact) mass is 279 g/mol. The summed E-state index contributed by atoms with van der Waals surface area (Å²) < 4.78 is 5.70. The molecule has 0 unspecified atom stereocenters. The maximum atomic E-state index is 5.70. The summed E-state index contributed by atoms with van der Waals surface area (Å²) in [5.74, 6) is 0. The molecule has 1 atom stereocenters. The van der Waals surface area contributed by atoms with E-state index in [1.165, 1.54) is 16.7 Å². The second-order valence-electron chi connectivity index (χ2n) is 5.43. The van der Waals surface area contributed by atoms with Gasteiger partial charge in [-0.05, 0) is 23.1 Å². The molecule has 21 heavy (non-hydrogen) atoms. The standard InChI is InChI=1S/C19H21NO/c1-2-12-21-15-20-14-18-11-7-6-10-17(18)13-19(20)16-8-4-3-5-9-16/h2-11,19H,1,12-15H2/t19-/m0/s1. The molecule has 3 rings (SSSR count). The first kappa shape index (κ1) is 14.1. The van der Waals surface area contributed by atoms with Gasteiger partial charge in [-0.15, -0.1) is 6.58 Å². The van der Waals surface area contributed by atoms with Gasteiger partial charge in [0.15, 0.2) is 0 Å². The van der Waals surface area contributed by atoms with Crippen LogP contribution >= 0.6 is 0 Å². The van der Waals surface area contributed by atoms with Crippen molar-refractivity contribution >= 4 is 0 Å². The van der Waals surface area contributed by atoms with Gasteiger partial charge in [0.05, 0.1) is 6.61 Å². The lowest BCUT2D eigenvalue weighted by molar-refractivity contribution is 0.00538. The largest absolute Gasteiger partial charge is 0.362 e. The number of benzene rings is 2. The lowest BCUT2D eigenvalue weighted by Crippen LogP contribution is -2.35. The van der Waals surface area contributed by atoms with Crippen molar-refractivity contribution in [3.63, 3.8) is 0 Å². The van der Waals surface area contributed by atoms with Crippen molar-refractivity contribution in [2.24, 2.45) is 0 Å². The molecule has 0 bridgehead atoms. The fourth-order valence-corrected chi connectivity index (χ4v) is 2.97. The molecule has 2 heteroatoms. The van der Waals surface area contributed by atoms with E-state index < -0.39 is 0 Å². The van der Waals surface area contributed by atoms with E-state index in [2.05, 4.69) is 66.1 Å². The number of ether oxygens (including phenoxy) is 1. The van der Waals surface area contributed by atoms with Crippen LogP contribution in [0.15, 0.2) is 67.3 Å². The molecule has 0 radical (unpaired) electrons. The summed E-state index contributed by atoms with van der Waals surface area (Å²) >= 11 is 0. The van der Waals surface area contributed by atoms with Crippen LogP contribution in [0, 0.1) is 0 Å². The topological polar surface area (TPSA) is 12.5 Å². The Morgan fingerprint density at radius 3 is 2.52 bits per heavy atom. The van der Waals surface area contributed by atoms with E-state index in [9.17, 15) is 0 Å². The maximum absolute atomic E-state index is 5.70. The lowest BCUT2D eigenvalue weighted by Gasteiger charge is -2.36. The van der Waals surface area contributed by atoms with Crippen LogP contribution in [0.25, 0.3) is 0 Å². The molecular formula is C19H21NO. The Kier molecular flexibility index (Phi) is 4.49. The molecule has 1 heterocycles. The zero-order valence-corrected chi connectivity index (χ0v) is 12.2. The third kappa shape index (κ3) is 3.23. The average Bonchev–Trinajstić information content (AvgIpc) is 2.55. The number of hydrogen-bond acceptors (Lipinski definition) is 2. The first-order chi connectivity index (χ1) is 10.4. The van der Waals surface area contributed by atoms with Crippen LogP contribution in [0.1, 0.15) is 22.7 Å². The normalized spacial score (nSPS) is 18.2. The number of rotatable bonds is 5. The van der Waals surface area contributed by atoms with Crippen molar-refractivity contribution in [1.29, 1.82) is 0 Å². The number of nitrogens with zero attached hydrogens (tertiary/aromatic N) is 1. The van der Waals surface area contributed by atoms with E-state index in [-0.39, 0.29) is 0 Å². The van der Waals surface area contributed by atoms with Gasteiger partial charge in [-0.3, -0.25) is 4.90 Å². The van der Waals surface area contributed by atoms with Crippen molar-refractivity contribution in [2.45, 2.75) is 19.0 Å². The zero-order chi connectivity index (χ0) is 14.5. The van der Waals surface area contributed by atoms with Crippen LogP contribution in [0.2, 0.25) is 0 Å². The van der Waals surface area contributed by atoms with Crippen molar-refractivity contribution in [1.82, 2.24) is 4.90 Å². The van der Waals surface area contributed by atoms with E-state index in [4.69, 9.17) is 4.74 Å². The van der Waals surface area contributed by atoms with Crippen LogP contribution < -0.4 is 0 Å². The summed E-state index contributed by atoms with van der Waals surface area (Å²) in [5, 5.41) is 0. The minimum absolute atomic E-state index is 0.380. The van der Waals surface area contributed by atoms with Gasteiger partial charge in [-0.25, -0.2) is 0 Å². The minimum Gasteiger partial charge on any atom is -0.362 e. The molecule has 0 fully saturated rings. The number of fused-ring (bicyclic) bond motifs is 1. The summed E-state index contributed by atoms with van der Waals surface area (Å²) in [6, 6.07) is 19.8. The molecule has 0 aromatic heterocycles. The molecule has 2 aromatic rings. The third-order valence-corrected chi connectivity index (χ3v) is 4.02. The summed E-state index contributed by atoms with van der Waals surface area (Å²) in [5.41, 5.74) is 4.22. The van der Waals surface area contributed by atoms with E-state index in [1.54, 1.807) is 6.08 Å². The summed E-state index contributed by atoms with van der Waals surface area (Å²) in [6.07, 6.45) is 2.84. The van der Waals surface area contributed by atoms with Gasteiger partial charge in [-0.1, -0.05) is 60.7 Å². The SMILES string of the molecule is C=CCOCN1Cc2ccccc2C[C@H]1c1ccccc1. The van der Waals surface area contributed by atoms with Gasteiger partial charge in [-0.2, -0.15) is 0 Å². The lowest BCUT2D eigenvalue weighted by atomic mass is 9.90. The molecule has 0 aliphatic carbocycles. The van der Waals surface area contributed by atoms with Crippen molar-refractivity contribution in [3.05, 3.63) is 83.9 Å². The van der Waals surface area contributed by atoms with Gasteiger partial charge in [0.25, 0.3) is 0 Å². The molecule has 0 N–H and O–H groups in total. The Hall–Kier alpha value is -1.90. The van der Waals surface area contributed by atoms with E-state index in [1.807, 2.05) is 0 Å². The van der Waals surface area contributed by atoms with Gasteiger partial charge in [0.2, 0.25) is 0 Å². The average molecular weight is 279 g/mol. The highest BCUT2D eigenvalue weighted by Crippen LogP contribution is 2.32. The molecule has 2 aromatic carbocycles. The molecule has 0 saturated heterocycles. The highest BCUT2D eigenvalue weighted by atomic mass is 16.5. The fourth-order valence-electron chi connectivity index (χ4n) is 2.97. The third-order valence-electron chi connectivity index (χ3n) is 4.02. The summed E-state index contributed by atoms with van der Waals surface area (Å²) in [6.45, 7) is 5.89. The smallest absolute Gasteiger partial charge is 0.100 e. The Labute approximate surface area is 126 Å². The quantitative estimate of drug-likeness (QED) is 0.607. The van der Waals surface area contributed by atoms with E-state index >= 15 is 0 Å². The molecule has 0 saturated carbocycles. The predicted octanol–water partition coefficient (Wildman–Crippen LogP) is 3.95. The van der Waals surface area contributed by atoms with Crippen LogP contribution in [-0.2, 0) is 17.7 Å². The van der Waals surface area contributed by atoms with Crippen LogP contribution in [0.4, 0.5) is 0 Å². The van der Waals surface area contributed by atoms with Gasteiger partial charge in [0.1, 0.15) is 6.73 Å². The Morgan fingerprint density at radius 2 is 1.76 bits per heavy atom. The van der Waals surface area contributed by atoms with Crippen molar-refractivity contribution in [3.8, 4) is 0 Å². The molecule has 2 nitrogen and oxygen atoms in total. The summed E-state index contributed by atoms with van der Waals surface area (Å²) in [7, 11) is 0. The van der Waals surface area contributed by atoms with Gasteiger partial charge in [0, 0.05) is 12.6 Å². The molecule has 0 spiro atoms. The first-order valence-corrected chi connectivity index (χ1v) is 7.43. The van der Waals surface area contributed by atoms with Crippen LogP contribution in [-0.4, -0.2) is 18.2 Å². The number of hydrogen-bond donors (Lipinski definition) is 0. The summed E-state index contributed by atoms with van der Waals surface area (Å²) in [4.78, 5) is 2.40. The second kappa shape index (κ2) is 6.70. The van der Waals surface area contributed by atoms with Crippen molar-refractivity contribution < 1.29 is 4.74 Å². The highest BCUT2D eigenvalue weighted by molar-refractivity contribution is 5.33. The molecule has 1 aliphatic heterocycles. The Balaban J connectivity index is 1.85. The highest BCUT2D eigenvalue weighted by Gasteiger charge is 2.26. The zero-order valence-electron chi connectivity index (χ0n) is 12.2. The van der Waals surface area contributed by atoms with Crippen molar-refractivity contribution in [2.75, 3.05) is 13.3 Å². The molecule has 0 amide bonds. The van der Waals surface area contributed by atoms with Gasteiger partial charge >= 0.3 is 0 Å². The maximum Gasteiger partial charge on any atom is 0.100 e. The Bertz CT molecular complexity index is 594. The Morgan fingerprint density at radius 1 is 1.05 bits per heavy atom. The van der Waals surface area contributed by atoms with E-state index in [0.717, 1.165) is 13.0 Å². The first-order valence-electron chi connectivity index (χ1n) is 7.43.